The molecule has 0 unspecified atom stereocenters. The summed E-state index contributed by atoms with van der Waals surface area (Å²) in [5, 5.41) is 28.8. The van der Waals surface area contributed by atoms with Gasteiger partial charge in [0.2, 0.25) is 0 Å². The van der Waals surface area contributed by atoms with Gasteiger partial charge in [0.1, 0.15) is 12.1 Å². The Hall–Kier alpha value is -3.83. The molecule has 0 spiro atoms. The van der Waals surface area contributed by atoms with Crippen LogP contribution in [0.3, 0.4) is 0 Å². The van der Waals surface area contributed by atoms with Crippen LogP contribution in [0, 0.1) is 6.92 Å². The van der Waals surface area contributed by atoms with E-state index >= 15 is 0 Å². The van der Waals surface area contributed by atoms with Crippen LogP contribution in [0.15, 0.2) is 49.1 Å². The van der Waals surface area contributed by atoms with Crippen LogP contribution in [-0.2, 0) is 13.1 Å². The first-order chi connectivity index (χ1) is 17.5. The highest BCUT2D eigenvalue weighted by Gasteiger charge is 2.19. The lowest BCUT2D eigenvalue weighted by molar-refractivity contribution is 0.0950. The number of nitrogens with one attached hydrogen (secondary N) is 1. The number of piperidine rings is 1. The molecule has 0 aliphatic carbocycles. The fourth-order valence-corrected chi connectivity index (χ4v) is 4.42. The molecule has 0 bridgehead atoms. The van der Waals surface area contributed by atoms with Crippen molar-refractivity contribution in [3.05, 3.63) is 76.5 Å². The number of aliphatic hydroxyl groups excluding tert-OH is 1. The van der Waals surface area contributed by atoms with E-state index in [0.29, 0.717) is 17.1 Å². The lowest BCUT2D eigenvalue weighted by Gasteiger charge is -2.30. The van der Waals surface area contributed by atoms with Gasteiger partial charge in [0.25, 0.3) is 5.91 Å². The second kappa shape index (κ2) is 10.4. The Morgan fingerprint density at radius 2 is 2.03 bits per heavy atom. The summed E-state index contributed by atoms with van der Waals surface area (Å²) >= 11 is 6.16. The van der Waals surface area contributed by atoms with Gasteiger partial charge in [-0.3, -0.25) is 9.48 Å². The lowest BCUT2D eigenvalue weighted by Crippen LogP contribution is -2.36. The Balaban J connectivity index is 1.22. The van der Waals surface area contributed by atoms with Crippen molar-refractivity contribution < 1.29 is 9.90 Å². The molecule has 5 rings (SSSR count). The van der Waals surface area contributed by atoms with Gasteiger partial charge < -0.3 is 15.3 Å². The molecule has 0 atom stereocenters. The van der Waals surface area contributed by atoms with Crippen LogP contribution < -0.4 is 10.2 Å². The summed E-state index contributed by atoms with van der Waals surface area (Å²) in [6, 6.07) is 9.37. The van der Waals surface area contributed by atoms with Gasteiger partial charge in [-0.05, 0) is 65.6 Å². The molecule has 36 heavy (non-hydrogen) atoms. The summed E-state index contributed by atoms with van der Waals surface area (Å²) in [4.78, 5) is 19.8. The first-order valence-corrected chi connectivity index (χ1v) is 12.1. The molecule has 1 aliphatic rings. The van der Waals surface area contributed by atoms with Crippen molar-refractivity contribution in [2.45, 2.75) is 39.0 Å². The van der Waals surface area contributed by atoms with E-state index in [0.717, 1.165) is 54.3 Å². The first-order valence-electron chi connectivity index (χ1n) is 11.7. The van der Waals surface area contributed by atoms with Crippen molar-refractivity contribution in [3.63, 3.8) is 0 Å². The minimum Gasteiger partial charge on any atom is -0.393 e. The number of nitrogens with zero attached hydrogens (tertiary/aromatic N) is 8. The van der Waals surface area contributed by atoms with Crippen LogP contribution >= 0.6 is 11.6 Å². The molecule has 3 aromatic heterocycles. The van der Waals surface area contributed by atoms with E-state index in [1.165, 1.54) is 11.0 Å². The fourth-order valence-electron chi connectivity index (χ4n) is 4.23. The predicted molar refractivity (Wildman–Crippen MR) is 133 cm³/mol. The van der Waals surface area contributed by atoms with Gasteiger partial charge in [0.05, 0.1) is 30.1 Å². The van der Waals surface area contributed by atoms with E-state index in [1.807, 2.05) is 19.1 Å². The molecule has 4 aromatic rings. The van der Waals surface area contributed by atoms with Crippen LogP contribution in [0.1, 0.15) is 40.0 Å². The zero-order valence-corrected chi connectivity index (χ0v) is 20.5. The van der Waals surface area contributed by atoms with E-state index in [1.54, 1.807) is 35.3 Å². The number of aryl methyl sites for hydroxylation is 1. The molecule has 4 heterocycles. The van der Waals surface area contributed by atoms with Gasteiger partial charge in [-0.1, -0.05) is 17.7 Å². The third-order valence-electron chi connectivity index (χ3n) is 6.27. The number of pyridine rings is 1. The second-order valence-electron chi connectivity index (χ2n) is 8.77. The molecule has 12 heteroatoms. The van der Waals surface area contributed by atoms with E-state index in [9.17, 15) is 9.90 Å². The maximum Gasteiger partial charge on any atom is 0.254 e. The maximum atomic E-state index is 12.8. The van der Waals surface area contributed by atoms with Crippen LogP contribution in [-0.4, -0.2) is 65.2 Å². The van der Waals surface area contributed by atoms with Crippen molar-refractivity contribution in [3.8, 4) is 5.69 Å². The molecule has 0 radical (unpaired) electrons. The lowest BCUT2D eigenvalue weighted by atomic mass is 10.1. The highest BCUT2D eigenvalue weighted by molar-refractivity contribution is 6.30. The molecular weight excluding hydrogens is 482 g/mol. The highest BCUT2D eigenvalue weighted by atomic mass is 35.5. The third-order valence-corrected chi connectivity index (χ3v) is 6.51. The Morgan fingerprint density at radius 3 is 2.78 bits per heavy atom. The van der Waals surface area contributed by atoms with Gasteiger partial charge >= 0.3 is 0 Å². The predicted octanol–water partition coefficient (Wildman–Crippen LogP) is 2.16. The third kappa shape index (κ3) is 5.37. The Morgan fingerprint density at radius 1 is 1.19 bits per heavy atom. The van der Waals surface area contributed by atoms with Crippen LogP contribution in [0.25, 0.3) is 5.69 Å². The smallest absolute Gasteiger partial charge is 0.254 e. The number of aromatic nitrogens is 7. The number of aliphatic hydroxyl groups is 1. The number of hydrogen-bond acceptors (Lipinski definition) is 8. The van der Waals surface area contributed by atoms with E-state index in [2.05, 4.69) is 30.8 Å². The number of tetrazole rings is 1. The summed E-state index contributed by atoms with van der Waals surface area (Å²) in [5.74, 6) is 0.673. The Kier molecular flexibility index (Phi) is 6.92. The summed E-state index contributed by atoms with van der Waals surface area (Å²) < 4.78 is 3.24. The van der Waals surface area contributed by atoms with Crippen molar-refractivity contribution in [2.24, 2.45) is 0 Å². The van der Waals surface area contributed by atoms with Gasteiger partial charge in [-0.25, -0.2) is 9.67 Å². The molecule has 2 N–H and O–H groups in total. The Labute approximate surface area is 212 Å². The monoisotopic (exact) mass is 507 g/mol. The standard InChI is InChI=1S/C24H26ClN9O2/c1-16-17(2-5-23(29-16)32-8-6-21(35)7-9-32)13-33-14-19(12-28-33)24(36)26-11-18-10-20(25)3-4-22(18)34-15-27-30-31-34/h2-5,10,12,14-15,21,35H,6-9,11,13H2,1H3,(H,26,36). The number of anilines is 1. The first kappa shape index (κ1) is 23.9. The summed E-state index contributed by atoms with van der Waals surface area (Å²) in [6.07, 6.45) is 6.05. The molecule has 11 nitrogen and oxygen atoms in total. The zero-order chi connectivity index (χ0) is 25.1. The van der Waals surface area contributed by atoms with Crippen molar-refractivity contribution in [1.29, 1.82) is 0 Å². The highest BCUT2D eigenvalue weighted by Crippen LogP contribution is 2.21. The van der Waals surface area contributed by atoms with Crippen LogP contribution in [0.2, 0.25) is 5.02 Å². The normalized spacial score (nSPS) is 14.2. The van der Waals surface area contributed by atoms with Gasteiger partial charge in [0.15, 0.2) is 0 Å². The minimum absolute atomic E-state index is 0.216. The number of benzene rings is 1. The molecule has 1 aromatic carbocycles. The maximum absolute atomic E-state index is 12.8. The minimum atomic E-state index is -0.249. The average Bonchev–Trinajstić information content (AvgIpc) is 3.57. The summed E-state index contributed by atoms with van der Waals surface area (Å²) in [5.41, 5.74) is 3.90. The van der Waals surface area contributed by atoms with E-state index in [-0.39, 0.29) is 18.6 Å². The molecule has 1 saturated heterocycles. The quantitative estimate of drug-likeness (QED) is 0.389. The molecule has 1 amide bonds. The van der Waals surface area contributed by atoms with Gasteiger partial charge in [-0.2, -0.15) is 5.10 Å². The van der Waals surface area contributed by atoms with Crippen LogP contribution in [0.5, 0.6) is 0 Å². The average molecular weight is 508 g/mol. The SMILES string of the molecule is Cc1nc(N2CCC(O)CC2)ccc1Cn1cc(C(=O)NCc2cc(Cl)ccc2-n2cnnn2)cn1. The van der Waals surface area contributed by atoms with Crippen molar-refractivity contribution >= 4 is 23.3 Å². The molecule has 186 valence electrons. The number of hydrogen-bond donors (Lipinski definition) is 2. The Bertz CT molecular complexity index is 1350. The number of halogens is 1. The van der Waals surface area contributed by atoms with Gasteiger partial charge in [-0.15, -0.1) is 5.10 Å². The molecular formula is C24H26ClN9O2. The molecule has 0 saturated carbocycles. The number of carbonyl (C=O) groups excluding carboxylic acids is 1. The van der Waals surface area contributed by atoms with Crippen molar-refractivity contribution in [1.82, 2.24) is 40.3 Å². The van der Waals surface area contributed by atoms with E-state index < -0.39 is 0 Å². The molecule has 1 aliphatic heterocycles. The number of carbonyl (C=O) groups is 1. The summed E-state index contributed by atoms with van der Waals surface area (Å²) in [7, 11) is 0. The largest absolute Gasteiger partial charge is 0.393 e. The van der Waals surface area contributed by atoms with Crippen LogP contribution in [0.4, 0.5) is 5.82 Å². The van der Waals surface area contributed by atoms with Gasteiger partial charge in [0, 0.05) is 36.5 Å². The second-order valence-corrected chi connectivity index (χ2v) is 9.21. The number of amides is 1. The molecule has 1 fully saturated rings. The summed E-state index contributed by atoms with van der Waals surface area (Å²) in [6.45, 7) is 4.33. The van der Waals surface area contributed by atoms with E-state index in [4.69, 9.17) is 16.6 Å². The fraction of sp³-hybridized carbons (Fsp3) is 0.333. The number of rotatable bonds is 7. The van der Waals surface area contributed by atoms with Crippen molar-refractivity contribution in [2.75, 3.05) is 18.0 Å². The topological polar surface area (TPSA) is 127 Å². The zero-order valence-electron chi connectivity index (χ0n) is 19.7.